The van der Waals surface area contributed by atoms with Gasteiger partial charge in [0.25, 0.3) is 0 Å². The molecule has 3 heterocycles. The number of rotatable bonds is 12. The number of carboxylic acids is 2. The molecular formula is C42H53N5O7. The number of nitrogen functional groups attached to an aromatic ring is 2. The van der Waals surface area contributed by atoms with Crippen LogP contribution in [0.1, 0.15) is 65.0 Å². The molecule has 0 saturated carbocycles. The molecule has 0 atom stereocenters. The van der Waals surface area contributed by atoms with Gasteiger partial charge in [-0.3, -0.25) is 14.8 Å². The maximum Gasteiger partial charge on any atom is 0.337 e. The summed E-state index contributed by atoms with van der Waals surface area (Å²) in [5.74, 6) is 0.458. The summed E-state index contributed by atoms with van der Waals surface area (Å²) in [4.78, 5) is 31.4. The Labute approximate surface area is 318 Å². The monoisotopic (exact) mass is 739 g/mol. The first-order valence-corrected chi connectivity index (χ1v) is 18.0. The molecule has 4 aromatic carbocycles. The Kier molecular flexibility index (Phi) is 15.7. The predicted octanol–water partition coefficient (Wildman–Crippen LogP) is 6.89. The topological polar surface area (TPSA) is 173 Å². The predicted molar refractivity (Wildman–Crippen MR) is 214 cm³/mol. The van der Waals surface area contributed by atoms with Gasteiger partial charge in [0.15, 0.2) is 11.5 Å². The summed E-state index contributed by atoms with van der Waals surface area (Å²) >= 11 is 0. The summed E-state index contributed by atoms with van der Waals surface area (Å²) < 4.78 is 17.0. The number of aliphatic imine (C=N–C) groups is 1. The van der Waals surface area contributed by atoms with Gasteiger partial charge in [0.05, 0.1) is 41.0 Å². The largest absolute Gasteiger partial charge is 0.493 e. The molecule has 0 spiro atoms. The lowest BCUT2D eigenvalue weighted by Crippen LogP contribution is -2.25. The number of ether oxygens (including phenoxy) is 3. The van der Waals surface area contributed by atoms with Crippen molar-refractivity contribution in [2.45, 2.75) is 39.5 Å². The third-order valence-corrected chi connectivity index (χ3v) is 9.32. The average Bonchev–Trinajstić information content (AvgIpc) is 3.97. The van der Waals surface area contributed by atoms with Gasteiger partial charge in [-0.05, 0) is 99.9 Å². The molecule has 12 heteroatoms. The van der Waals surface area contributed by atoms with E-state index in [2.05, 4.69) is 14.8 Å². The lowest BCUT2D eigenvalue weighted by molar-refractivity contribution is 0.0687. The van der Waals surface area contributed by atoms with Crippen LogP contribution in [-0.4, -0.2) is 97.3 Å². The van der Waals surface area contributed by atoms with Crippen molar-refractivity contribution in [3.05, 3.63) is 107 Å². The standard InChI is InChI=1S/C21H22N2O3.C13H19NO2.C7H8N2O2.CH4/c24-21(25)17-8-5-6-15-14-18(22-20(15)17)16-7-1-2-9-19(16)26-13-12-23-10-3-4-11-23;1-15-12-6-2-3-7-13(12)16-11-10-14-8-4-5-9-14;8-5-3-1-2-4(6(5)9)7(10)11;/h1-2,5-9H,3-4,10-14H2,(H,24,25);2-3,6-7H,4-5,8-11H2,1H3;1-3H,8-9H2,(H,10,11);1H4. The van der Waals surface area contributed by atoms with Crippen molar-refractivity contribution in [1.29, 1.82) is 0 Å². The highest BCUT2D eigenvalue weighted by molar-refractivity contribution is 6.10. The number of fused-ring (bicyclic) bond motifs is 1. The van der Waals surface area contributed by atoms with Gasteiger partial charge in [-0.2, -0.15) is 0 Å². The van der Waals surface area contributed by atoms with Gasteiger partial charge < -0.3 is 35.9 Å². The first kappa shape index (κ1) is 41.2. The van der Waals surface area contributed by atoms with Gasteiger partial charge in [0, 0.05) is 25.1 Å². The average molecular weight is 740 g/mol. The summed E-state index contributed by atoms with van der Waals surface area (Å²) in [6.07, 6.45) is 5.83. The minimum absolute atomic E-state index is 0. The minimum Gasteiger partial charge on any atom is -0.493 e. The number of carboxylic acid groups (broad SMARTS) is 2. The molecule has 4 aromatic rings. The van der Waals surface area contributed by atoms with E-state index in [-0.39, 0.29) is 24.2 Å². The molecule has 6 N–H and O–H groups in total. The normalized spacial score (nSPS) is 14.6. The van der Waals surface area contributed by atoms with Crippen molar-refractivity contribution in [2.75, 3.05) is 71.1 Å². The number of hydrogen-bond acceptors (Lipinski definition) is 10. The van der Waals surface area contributed by atoms with E-state index in [0.29, 0.717) is 24.4 Å². The van der Waals surface area contributed by atoms with E-state index in [9.17, 15) is 14.7 Å². The number of likely N-dealkylation sites (tertiary alicyclic amines) is 2. The van der Waals surface area contributed by atoms with E-state index in [1.165, 1.54) is 44.8 Å². The summed E-state index contributed by atoms with van der Waals surface area (Å²) in [5, 5.41) is 17.9. The first-order valence-electron chi connectivity index (χ1n) is 18.0. The molecule has 0 aromatic heterocycles. The molecule has 54 heavy (non-hydrogen) atoms. The van der Waals surface area contributed by atoms with Crippen LogP contribution in [0.4, 0.5) is 17.1 Å². The first-order chi connectivity index (χ1) is 25.7. The third-order valence-electron chi connectivity index (χ3n) is 9.32. The number of para-hydroxylation sites is 5. The van der Waals surface area contributed by atoms with Gasteiger partial charge in [-0.25, -0.2) is 9.59 Å². The van der Waals surface area contributed by atoms with Crippen LogP contribution < -0.4 is 25.7 Å². The number of aromatic carboxylic acids is 2. The number of nitrogens with two attached hydrogens (primary N) is 2. The maximum absolute atomic E-state index is 11.4. The molecular weight excluding hydrogens is 686 g/mol. The zero-order valence-corrected chi connectivity index (χ0v) is 30.2. The van der Waals surface area contributed by atoms with Crippen molar-refractivity contribution in [1.82, 2.24) is 9.80 Å². The Hall–Kier alpha value is -5.59. The quantitative estimate of drug-likeness (QED) is 0.111. The molecule has 2 fully saturated rings. The van der Waals surface area contributed by atoms with E-state index in [1.54, 1.807) is 31.4 Å². The lowest BCUT2D eigenvalue weighted by atomic mass is 10.0. The number of hydrogen-bond donors (Lipinski definition) is 4. The Morgan fingerprint density at radius 3 is 1.78 bits per heavy atom. The zero-order valence-electron chi connectivity index (χ0n) is 30.2. The fourth-order valence-electron chi connectivity index (χ4n) is 6.47. The summed E-state index contributed by atoms with van der Waals surface area (Å²) in [6.45, 7) is 8.08. The number of anilines is 2. The molecule has 0 unspecified atom stereocenters. The van der Waals surface area contributed by atoms with Gasteiger partial charge in [-0.15, -0.1) is 0 Å². The van der Waals surface area contributed by atoms with Crippen LogP contribution in [0.2, 0.25) is 0 Å². The number of benzene rings is 4. The summed E-state index contributed by atoms with van der Waals surface area (Å²) in [6, 6.07) is 25.5. The molecule has 2 saturated heterocycles. The van der Waals surface area contributed by atoms with Crippen molar-refractivity contribution in [3.8, 4) is 17.2 Å². The molecule has 0 aliphatic carbocycles. The molecule has 0 amide bonds. The fraction of sp³-hybridized carbons (Fsp3) is 0.357. The van der Waals surface area contributed by atoms with Crippen LogP contribution >= 0.6 is 0 Å². The second-order valence-corrected chi connectivity index (χ2v) is 12.9. The number of carbonyl (C=O) groups is 2. The van der Waals surface area contributed by atoms with Crippen molar-refractivity contribution < 1.29 is 34.0 Å². The van der Waals surface area contributed by atoms with E-state index in [1.807, 2.05) is 54.6 Å². The molecule has 7 rings (SSSR count). The molecule has 3 aliphatic heterocycles. The number of methoxy groups -OCH3 is 1. The van der Waals surface area contributed by atoms with Crippen molar-refractivity contribution in [3.63, 3.8) is 0 Å². The lowest BCUT2D eigenvalue weighted by Gasteiger charge is -2.16. The van der Waals surface area contributed by atoms with E-state index in [4.69, 9.17) is 30.8 Å². The SMILES string of the molecule is C.COc1ccccc1OCCN1CCCC1.Nc1cccc(C(=O)O)c1N.O=C(O)c1cccc2c1N=C(c1ccccc1OCCN1CCCC1)C2. The fourth-order valence-corrected chi connectivity index (χ4v) is 6.47. The highest BCUT2D eigenvalue weighted by atomic mass is 16.5. The Balaban J connectivity index is 0.000000198. The van der Waals surface area contributed by atoms with E-state index in [0.717, 1.165) is 66.9 Å². The smallest absolute Gasteiger partial charge is 0.337 e. The molecule has 0 radical (unpaired) electrons. The molecule has 288 valence electrons. The van der Waals surface area contributed by atoms with Gasteiger partial charge in [0.2, 0.25) is 0 Å². The Morgan fingerprint density at radius 1 is 0.685 bits per heavy atom. The molecule has 12 nitrogen and oxygen atoms in total. The van der Waals surface area contributed by atoms with Crippen molar-refractivity contribution >= 4 is 34.7 Å². The third kappa shape index (κ3) is 11.2. The second kappa shape index (κ2) is 20.6. The van der Waals surface area contributed by atoms with E-state index < -0.39 is 11.9 Å². The maximum atomic E-state index is 11.4. The van der Waals surface area contributed by atoms with Gasteiger partial charge >= 0.3 is 11.9 Å². The molecule has 3 aliphatic rings. The highest BCUT2D eigenvalue weighted by Gasteiger charge is 2.23. The van der Waals surface area contributed by atoms with Crippen molar-refractivity contribution in [2.24, 2.45) is 4.99 Å². The second-order valence-electron chi connectivity index (χ2n) is 12.9. The minimum atomic E-state index is -1.06. The van der Waals surface area contributed by atoms with Crippen LogP contribution in [0, 0.1) is 0 Å². The van der Waals surface area contributed by atoms with Gasteiger partial charge in [0.1, 0.15) is 19.0 Å². The summed E-state index contributed by atoms with van der Waals surface area (Å²) in [5.41, 5.74) is 14.8. The number of nitrogens with zero attached hydrogens (tertiary/aromatic N) is 3. The van der Waals surface area contributed by atoms with Crippen LogP contribution in [0.25, 0.3) is 0 Å². The van der Waals surface area contributed by atoms with Crippen LogP contribution in [0.15, 0.2) is 89.9 Å². The Morgan fingerprint density at radius 2 is 1.20 bits per heavy atom. The van der Waals surface area contributed by atoms with Crippen LogP contribution in [0.3, 0.4) is 0 Å². The highest BCUT2D eigenvalue weighted by Crippen LogP contribution is 2.34. The molecule has 0 bridgehead atoms. The summed E-state index contributed by atoms with van der Waals surface area (Å²) in [7, 11) is 1.67. The van der Waals surface area contributed by atoms with Crippen LogP contribution in [-0.2, 0) is 6.42 Å². The van der Waals surface area contributed by atoms with E-state index >= 15 is 0 Å². The van der Waals surface area contributed by atoms with Gasteiger partial charge in [-0.1, -0.05) is 49.9 Å². The van der Waals surface area contributed by atoms with Crippen LogP contribution in [0.5, 0.6) is 17.2 Å². The Bertz CT molecular complexity index is 1870. The zero-order chi connectivity index (χ0) is 37.6.